The summed E-state index contributed by atoms with van der Waals surface area (Å²) in [5.74, 6) is 1.43. The van der Waals surface area contributed by atoms with Gasteiger partial charge in [0.25, 0.3) is 5.91 Å². The zero-order chi connectivity index (χ0) is 18.1. The van der Waals surface area contributed by atoms with Gasteiger partial charge < -0.3 is 14.5 Å². The molecule has 0 radical (unpaired) electrons. The SMILES string of the molecule is COc1c(C)cc(C(=O)N2CCN(C(=O)C3CCC3)CC2)c(C)c1C. The highest BCUT2D eigenvalue weighted by atomic mass is 16.5. The van der Waals surface area contributed by atoms with E-state index < -0.39 is 0 Å². The molecule has 3 rings (SSSR count). The van der Waals surface area contributed by atoms with Gasteiger partial charge in [-0.15, -0.1) is 0 Å². The number of rotatable bonds is 3. The van der Waals surface area contributed by atoms with Crippen LogP contribution in [0.1, 0.15) is 46.3 Å². The Labute approximate surface area is 149 Å². The van der Waals surface area contributed by atoms with Gasteiger partial charge in [-0.2, -0.15) is 0 Å². The van der Waals surface area contributed by atoms with Crippen molar-refractivity contribution in [3.8, 4) is 5.75 Å². The van der Waals surface area contributed by atoms with Gasteiger partial charge in [0.05, 0.1) is 7.11 Å². The van der Waals surface area contributed by atoms with Crippen LogP contribution in [-0.2, 0) is 4.79 Å². The Morgan fingerprint density at radius 3 is 2.12 bits per heavy atom. The first-order valence-electron chi connectivity index (χ1n) is 9.17. The monoisotopic (exact) mass is 344 g/mol. The zero-order valence-corrected chi connectivity index (χ0v) is 15.7. The van der Waals surface area contributed by atoms with Crippen LogP contribution in [0, 0.1) is 26.7 Å². The quantitative estimate of drug-likeness (QED) is 0.847. The standard InChI is InChI=1S/C20H28N2O3/c1-13-12-17(14(2)15(3)18(13)25-4)20(24)22-10-8-21(9-11-22)19(23)16-6-5-7-16/h12,16H,5-11H2,1-4H3. The molecule has 0 spiro atoms. The average Bonchev–Trinajstić information content (AvgIpc) is 2.56. The molecule has 2 amide bonds. The normalized spacial score (nSPS) is 18.1. The number of methoxy groups -OCH3 is 1. The highest BCUT2D eigenvalue weighted by Crippen LogP contribution is 2.30. The lowest BCUT2D eigenvalue weighted by Gasteiger charge is -2.38. The molecule has 0 unspecified atom stereocenters. The molecule has 1 aromatic carbocycles. The molecular weight excluding hydrogens is 316 g/mol. The van der Waals surface area contributed by atoms with E-state index in [1.807, 2.05) is 36.6 Å². The number of benzene rings is 1. The van der Waals surface area contributed by atoms with Gasteiger partial charge in [-0.1, -0.05) is 6.42 Å². The number of carbonyl (C=O) groups is 2. The number of aryl methyl sites for hydroxylation is 1. The third-order valence-corrected chi connectivity index (χ3v) is 5.79. The number of hydrogen-bond donors (Lipinski definition) is 0. The third-order valence-electron chi connectivity index (χ3n) is 5.79. The van der Waals surface area contributed by atoms with Crippen LogP contribution in [0.4, 0.5) is 0 Å². The summed E-state index contributed by atoms with van der Waals surface area (Å²) < 4.78 is 5.45. The molecule has 0 aromatic heterocycles. The minimum atomic E-state index is 0.0575. The summed E-state index contributed by atoms with van der Waals surface area (Å²) in [5.41, 5.74) is 3.72. The van der Waals surface area contributed by atoms with Crippen LogP contribution in [0.15, 0.2) is 6.07 Å². The summed E-state index contributed by atoms with van der Waals surface area (Å²) in [5, 5.41) is 0. The molecule has 25 heavy (non-hydrogen) atoms. The first-order chi connectivity index (χ1) is 11.9. The van der Waals surface area contributed by atoms with Gasteiger partial charge >= 0.3 is 0 Å². The van der Waals surface area contributed by atoms with Crippen molar-refractivity contribution in [1.82, 2.24) is 9.80 Å². The summed E-state index contributed by atoms with van der Waals surface area (Å²) in [6.45, 7) is 8.45. The maximum absolute atomic E-state index is 13.0. The van der Waals surface area contributed by atoms with Gasteiger partial charge in [0.15, 0.2) is 0 Å². The molecule has 2 aliphatic rings. The van der Waals surface area contributed by atoms with Gasteiger partial charge in [0.2, 0.25) is 5.91 Å². The van der Waals surface area contributed by atoms with Crippen LogP contribution in [0.2, 0.25) is 0 Å². The zero-order valence-electron chi connectivity index (χ0n) is 15.7. The predicted molar refractivity (Wildman–Crippen MR) is 97.0 cm³/mol. The van der Waals surface area contributed by atoms with Gasteiger partial charge in [-0.25, -0.2) is 0 Å². The molecule has 1 aliphatic heterocycles. The number of nitrogens with zero attached hydrogens (tertiary/aromatic N) is 2. The molecule has 0 atom stereocenters. The second-order valence-electron chi connectivity index (χ2n) is 7.27. The Morgan fingerprint density at radius 1 is 1.00 bits per heavy atom. The van der Waals surface area contributed by atoms with Gasteiger partial charge in [-0.3, -0.25) is 9.59 Å². The Balaban J connectivity index is 1.69. The summed E-state index contributed by atoms with van der Waals surface area (Å²) >= 11 is 0. The van der Waals surface area contributed by atoms with Crippen molar-refractivity contribution in [2.45, 2.75) is 40.0 Å². The van der Waals surface area contributed by atoms with Gasteiger partial charge in [0.1, 0.15) is 5.75 Å². The second kappa shape index (κ2) is 7.06. The predicted octanol–water partition coefficient (Wildman–Crippen LogP) is 2.70. The van der Waals surface area contributed by atoms with Crippen LogP contribution >= 0.6 is 0 Å². The van der Waals surface area contributed by atoms with Crippen molar-refractivity contribution < 1.29 is 14.3 Å². The molecule has 0 N–H and O–H groups in total. The Morgan fingerprint density at radius 2 is 1.60 bits per heavy atom. The van der Waals surface area contributed by atoms with Crippen molar-refractivity contribution in [1.29, 1.82) is 0 Å². The number of hydrogen-bond acceptors (Lipinski definition) is 3. The van der Waals surface area contributed by atoms with E-state index in [-0.39, 0.29) is 17.7 Å². The molecule has 1 heterocycles. The van der Waals surface area contributed by atoms with E-state index >= 15 is 0 Å². The Kier molecular flexibility index (Phi) is 5.02. The third kappa shape index (κ3) is 3.24. The largest absolute Gasteiger partial charge is 0.496 e. The molecule has 1 aliphatic carbocycles. The van der Waals surface area contributed by atoms with Crippen LogP contribution in [0.25, 0.3) is 0 Å². The highest BCUT2D eigenvalue weighted by molar-refractivity contribution is 5.96. The van der Waals surface area contributed by atoms with Crippen molar-refractivity contribution in [3.05, 3.63) is 28.3 Å². The smallest absolute Gasteiger partial charge is 0.254 e. The maximum Gasteiger partial charge on any atom is 0.254 e. The first-order valence-corrected chi connectivity index (χ1v) is 9.17. The summed E-state index contributed by atoms with van der Waals surface area (Å²) in [4.78, 5) is 29.1. The molecule has 1 aromatic rings. The molecule has 1 saturated carbocycles. The first kappa shape index (κ1) is 17.8. The van der Waals surface area contributed by atoms with Crippen molar-refractivity contribution in [2.24, 2.45) is 5.92 Å². The molecule has 0 bridgehead atoms. The summed E-state index contributed by atoms with van der Waals surface area (Å²) in [7, 11) is 1.66. The van der Waals surface area contributed by atoms with E-state index in [0.29, 0.717) is 26.2 Å². The van der Waals surface area contributed by atoms with Crippen LogP contribution < -0.4 is 4.74 Å². The fraction of sp³-hybridized carbons (Fsp3) is 0.600. The van der Waals surface area contributed by atoms with Crippen LogP contribution in [0.5, 0.6) is 5.75 Å². The lowest BCUT2D eigenvalue weighted by atomic mass is 9.84. The van der Waals surface area contributed by atoms with Gasteiger partial charge in [0, 0.05) is 37.7 Å². The summed E-state index contributed by atoms with van der Waals surface area (Å²) in [6.07, 6.45) is 3.23. The molecule has 1 saturated heterocycles. The van der Waals surface area contributed by atoms with Crippen LogP contribution in [0.3, 0.4) is 0 Å². The molecule has 136 valence electrons. The Hall–Kier alpha value is -2.04. The molecule has 2 fully saturated rings. The van der Waals surface area contributed by atoms with E-state index in [1.54, 1.807) is 7.11 Å². The van der Waals surface area contributed by atoms with E-state index in [2.05, 4.69) is 0 Å². The lowest BCUT2D eigenvalue weighted by molar-refractivity contribution is -0.139. The van der Waals surface area contributed by atoms with E-state index in [0.717, 1.165) is 40.8 Å². The number of piperazine rings is 1. The molecular formula is C20H28N2O3. The number of carbonyl (C=O) groups excluding carboxylic acids is 2. The average molecular weight is 344 g/mol. The molecule has 5 heteroatoms. The fourth-order valence-electron chi connectivity index (χ4n) is 3.81. The minimum Gasteiger partial charge on any atom is -0.496 e. The fourth-order valence-corrected chi connectivity index (χ4v) is 3.81. The minimum absolute atomic E-state index is 0.0575. The van der Waals surface area contributed by atoms with E-state index in [4.69, 9.17) is 4.74 Å². The van der Waals surface area contributed by atoms with Gasteiger partial charge in [-0.05, 0) is 56.4 Å². The number of amides is 2. The van der Waals surface area contributed by atoms with Crippen molar-refractivity contribution in [2.75, 3.05) is 33.3 Å². The van der Waals surface area contributed by atoms with Crippen molar-refractivity contribution >= 4 is 11.8 Å². The van der Waals surface area contributed by atoms with Crippen molar-refractivity contribution in [3.63, 3.8) is 0 Å². The Bertz CT molecular complexity index is 687. The maximum atomic E-state index is 13.0. The van der Waals surface area contributed by atoms with E-state index in [9.17, 15) is 9.59 Å². The lowest BCUT2D eigenvalue weighted by Crippen LogP contribution is -2.52. The van der Waals surface area contributed by atoms with Crippen LogP contribution in [-0.4, -0.2) is 54.9 Å². The summed E-state index contributed by atoms with van der Waals surface area (Å²) in [6, 6.07) is 1.93. The highest BCUT2D eigenvalue weighted by Gasteiger charge is 2.32. The second-order valence-corrected chi connectivity index (χ2v) is 7.27. The van der Waals surface area contributed by atoms with E-state index in [1.165, 1.54) is 6.42 Å². The number of ether oxygens (including phenoxy) is 1. The molecule has 5 nitrogen and oxygen atoms in total. The topological polar surface area (TPSA) is 49.9 Å².